The molecule has 1 aromatic rings. The van der Waals surface area contributed by atoms with Crippen molar-refractivity contribution in [3.63, 3.8) is 0 Å². The molecule has 2 aliphatic rings. The molecule has 1 aliphatic heterocycles. The number of nitrogens with zero attached hydrogens (tertiary/aromatic N) is 2. The summed E-state index contributed by atoms with van der Waals surface area (Å²) >= 11 is 0. The number of para-hydroxylation sites is 1. The van der Waals surface area contributed by atoms with Crippen LogP contribution in [0.1, 0.15) is 51.4 Å². The van der Waals surface area contributed by atoms with E-state index in [1.165, 1.54) is 6.42 Å². The first kappa shape index (κ1) is 20.4. The first-order valence-electron chi connectivity index (χ1n) is 10.5. The molecule has 3 rings (SSSR count). The van der Waals surface area contributed by atoms with E-state index in [0.29, 0.717) is 13.0 Å². The highest BCUT2D eigenvalue weighted by Crippen LogP contribution is 2.28. The first-order chi connectivity index (χ1) is 13.6. The van der Waals surface area contributed by atoms with Gasteiger partial charge in [0.25, 0.3) is 0 Å². The molecule has 152 valence electrons. The number of carbonyl (C=O) groups is 3. The van der Waals surface area contributed by atoms with E-state index in [2.05, 4.69) is 5.32 Å². The zero-order valence-corrected chi connectivity index (χ0v) is 16.7. The maximum absolute atomic E-state index is 12.8. The van der Waals surface area contributed by atoms with Crippen molar-refractivity contribution in [3.8, 4) is 0 Å². The van der Waals surface area contributed by atoms with Crippen molar-refractivity contribution in [3.05, 3.63) is 30.3 Å². The van der Waals surface area contributed by atoms with Crippen molar-refractivity contribution in [1.82, 2.24) is 10.2 Å². The minimum Gasteiger partial charge on any atom is -0.354 e. The maximum Gasteiger partial charge on any atom is 0.242 e. The van der Waals surface area contributed by atoms with Crippen molar-refractivity contribution in [1.29, 1.82) is 0 Å². The average molecular weight is 386 g/mol. The lowest BCUT2D eigenvalue weighted by Gasteiger charge is -2.30. The van der Waals surface area contributed by atoms with Gasteiger partial charge in [0, 0.05) is 38.2 Å². The normalized spacial score (nSPS) is 20.0. The largest absolute Gasteiger partial charge is 0.354 e. The Kier molecular flexibility index (Phi) is 7.06. The van der Waals surface area contributed by atoms with Crippen LogP contribution in [-0.4, -0.2) is 48.8 Å². The number of nitrogens with one attached hydrogen (secondary N) is 1. The van der Waals surface area contributed by atoms with Crippen LogP contribution in [0.15, 0.2) is 30.3 Å². The van der Waals surface area contributed by atoms with E-state index in [1.54, 1.807) is 16.8 Å². The minimum absolute atomic E-state index is 0.0481. The smallest absolute Gasteiger partial charge is 0.242 e. The van der Waals surface area contributed by atoms with Gasteiger partial charge in [-0.2, -0.15) is 0 Å². The Morgan fingerprint density at radius 2 is 1.75 bits per heavy atom. The number of carbonyl (C=O) groups excluding carboxylic acids is 3. The van der Waals surface area contributed by atoms with Crippen molar-refractivity contribution in [2.75, 3.05) is 25.0 Å². The molecule has 1 N–H and O–H groups in total. The molecular formula is C22H31N3O3. The van der Waals surface area contributed by atoms with Gasteiger partial charge in [0.05, 0.1) is 0 Å². The van der Waals surface area contributed by atoms with E-state index in [-0.39, 0.29) is 42.6 Å². The summed E-state index contributed by atoms with van der Waals surface area (Å²) in [6, 6.07) is 9.06. The van der Waals surface area contributed by atoms with Gasteiger partial charge < -0.3 is 15.1 Å². The molecule has 0 radical (unpaired) electrons. The molecule has 3 amide bonds. The summed E-state index contributed by atoms with van der Waals surface area (Å²) < 4.78 is 0. The molecule has 6 heteroatoms. The Morgan fingerprint density at radius 1 is 1.04 bits per heavy atom. The summed E-state index contributed by atoms with van der Waals surface area (Å²) in [4.78, 5) is 41.2. The number of anilines is 1. The summed E-state index contributed by atoms with van der Waals surface area (Å²) in [5.74, 6) is 0.0605. The molecule has 1 aromatic carbocycles. The fraction of sp³-hybridized carbons (Fsp3) is 0.591. The highest BCUT2D eigenvalue weighted by atomic mass is 16.2. The van der Waals surface area contributed by atoms with Crippen LogP contribution in [0.25, 0.3) is 0 Å². The predicted molar refractivity (Wildman–Crippen MR) is 109 cm³/mol. The monoisotopic (exact) mass is 385 g/mol. The third-order valence-electron chi connectivity index (χ3n) is 5.95. The van der Waals surface area contributed by atoms with Crippen LogP contribution >= 0.6 is 0 Å². The van der Waals surface area contributed by atoms with E-state index in [1.807, 2.05) is 30.3 Å². The summed E-state index contributed by atoms with van der Waals surface area (Å²) in [7, 11) is 1.74. The van der Waals surface area contributed by atoms with E-state index in [9.17, 15) is 14.4 Å². The van der Waals surface area contributed by atoms with Gasteiger partial charge in [0.2, 0.25) is 17.7 Å². The molecule has 1 aliphatic carbocycles. The molecule has 6 nitrogen and oxygen atoms in total. The van der Waals surface area contributed by atoms with Gasteiger partial charge in [-0.1, -0.05) is 37.5 Å². The van der Waals surface area contributed by atoms with Gasteiger partial charge in [-0.3, -0.25) is 14.4 Å². The molecule has 0 spiro atoms. The number of rotatable bonds is 6. The Labute approximate surface area is 167 Å². The van der Waals surface area contributed by atoms with Crippen molar-refractivity contribution in [2.24, 2.45) is 5.92 Å². The Hall–Kier alpha value is -2.37. The van der Waals surface area contributed by atoms with E-state index >= 15 is 0 Å². The topological polar surface area (TPSA) is 69.7 Å². The minimum atomic E-state index is -0.378. The highest BCUT2D eigenvalue weighted by molar-refractivity contribution is 5.93. The fourth-order valence-corrected chi connectivity index (χ4v) is 4.26. The quantitative estimate of drug-likeness (QED) is 0.819. The van der Waals surface area contributed by atoms with Crippen LogP contribution in [0.3, 0.4) is 0 Å². The van der Waals surface area contributed by atoms with Gasteiger partial charge in [0.1, 0.15) is 6.04 Å². The van der Waals surface area contributed by atoms with Crippen LogP contribution in [0.4, 0.5) is 5.69 Å². The molecular weight excluding hydrogens is 354 g/mol. The lowest BCUT2D eigenvalue weighted by molar-refractivity contribution is -0.142. The molecule has 0 unspecified atom stereocenters. The maximum atomic E-state index is 12.8. The second-order valence-electron chi connectivity index (χ2n) is 7.85. The summed E-state index contributed by atoms with van der Waals surface area (Å²) in [5, 5.41) is 2.87. The summed E-state index contributed by atoms with van der Waals surface area (Å²) in [6.07, 6.45) is 7.14. The van der Waals surface area contributed by atoms with E-state index < -0.39 is 0 Å². The van der Waals surface area contributed by atoms with Crippen LogP contribution in [0.5, 0.6) is 0 Å². The zero-order valence-electron chi connectivity index (χ0n) is 16.7. The molecule has 28 heavy (non-hydrogen) atoms. The summed E-state index contributed by atoms with van der Waals surface area (Å²) in [5.41, 5.74) is 0.832. The molecule has 1 saturated carbocycles. The second kappa shape index (κ2) is 9.71. The molecule has 1 saturated heterocycles. The third-order valence-corrected chi connectivity index (χ3v) is 5.95. The molecule has 0 bridgehead atoms. The highest BCUT2D eigenvalue weighted by Gasteiger charge is 2.37. The van der Waals surface area contributed by atoms with Crippen LogP contribution in [0.2, 0.25) is 0 Å². The number of hydrogen-bond donors (Lipinski definition) is 1. The lowest BCUT2D eigenvalue weighted by atomic mass is 9.88. The standard InChI is InChI=1S/C22H31N3O3/c1-24(18-11-6-3-7-12-18)20(26)14-15-23-21(27)19-13-8-16-25(19)22(28)17-9-4-2-5-10-17/h3,6-7,11-12,17,19H,2,4-5,8-10,13-16H2,1H3,(H,23,27)/t19-/m0/s1. The molecule has 0 aromatic heterocycles. The van der Waals surface area contributed by atoms with Crippen LogP contribution < -0.4 is 10.2 Å². The van der Waals surface area contributed by atoms with Gasteiger partial charge in [0.15, 0.2) is 0 Å². The molecule has 1 atom stereocenters. The Balaban J connectivity index is 1.47. The van der Waals surface area contributed by atoms with Crippen molar-refractivity contribution in [2.45, 2.75) is 57.4 Å². The summed E-state index contributed by atoms with van der Waals surface area (Å²) in [6.45, 7) is 0.958. The number of hydrogen-bond acceptors (Lipinski definition) is 3. The number of likely N-dealkylation sites (tertiary alicyclic amines) is 1. The van der Waals surface area contributed by atoms with Crippen LogP contribution in [0, 0.1) is 5.92 Å². The third kappa shape index (κ3) is 4.91. The van der Waals surface area contributed by atoms with Crippen molar-refractivity contribution >= 4 is 23.4 Å². The van der Waals surface area contributed by atoms with Gasteiger partial charge >= 0.3 is 0 Å². The SMILES string of the molecule is CN(C(=O)CCNC(=O)[C@@H]1CCCN1C(=O)C1CCCCC1)c1ccccc1. The van der Waals surface area contributed by atoms with E-state index in [4.69, 9.17) is 0 Å². The van der Waals surface area contributed by atoms with Gasteiger partial charge in [-0.05, 0) is 37.8 Å². The fourth-order valence-electron chi connectivity index (χ4n) is 4.26. The van der Waals surface area contributed by atoms with E-state index in [0.717, 1.165) is 37.8 Å². The zero-order chi connectivity index (χ0) is 19.9. The van der Waals surface area contributed by atoms with Gasteiger partial charge in [-0.15, -0.1) is 0 Å². The van der Waals surface area contributed by atoms with Crippen molar-refractivity contribution < 1.29 is 14.4 Å². The molecule has 2 fully saturated rings. The van der Waals surface area contributed by atoms with Crippen LogP contribution in [-0.2, 0) is 14.4 Å². The average Bonchev–Trinajstić information content (AvgIpc) is 3.23. The first-order valence-corrected chi connectivity index (χ1v) is 10.5. The number of amides is 3. The Morgan fingerprint density at radius 3 is 2.46 bits per heavy atom. The number of benzene rings is 1. The lowest BCUT2D eigenvalue weighted by Crippen LogP contribution is -2.48. The Bertz CT molecular complexity index is 686. The predicted octanol–water partition coefficient (Wildman–Crippen LogP) is 2.73. The second-order valence-corrected chi connectivity index (χ2v) is 7.85. The van der Waals surface area contributed by atoms with Gasteiger partial charge in [-0.25, -0.2) is 0 Å². The molecule has 1 heterocycles.